The summed E-state index contributed by atoms with van der Waals surface area (Å²) in [6, 6.07) is 14.2. The number of carbonyl (C=O) groups is 1. The third-order valence-electron chi connectivity index (χ3n) is 5.15. The van der Waals surface area contributed by atoms with Crippen molar-refractivity contribution in [3.63, 3.8) is 0 Å². The molecule has 0 fully saturated rings. The number of rotatable bonds is 2. The minimum atomic E-state index is -0.380. The maximum atomic E-state index is 13.0. The lowest BCUT2D eigenvalue weighted by Crippen LogP contribution is -2.38. The minimum Gasteiger partial charge on any atom is -0.384 e. The normalized spacial score (nSPS) is 20.0. The number of nitrogens with two attached hydrogens (primary N) is 1. The number of hydrogen-bond acceptors (Lipinski definition) is 5. The highest BCUT2D eigenvalue weighted by atomic mass is 79.9. The van der Waals surface area contributed by atoms with E-state index in [-0.39, 0.29) is 11.7 Å². The number of halogens is 1. The second-order valence-electron chi connectivity index (χ2n) is 6.74. The van der Waals surface area contributed by atoms with E-state index in [9.17, 15) is 10.1 Å². The summed E-state index contributed by atoms with van der Waals surface area (Å²) in [4.78, 5) is 15.9. The van der Waals surface area contributed by atoms with Gasteiger partial charge in [0.05, 0.1) is 27.0 Å². The Balaban J connectivity index is 1.99. The fourth-order valence-electron chi connectivity index (χ4n) is 3.94. The summed E-state index contributed by atoms with van der Waals surface area (Å²) in [6.45, 7) is 2.02. The van der Waals surface area contributed by atoms with E-state index in [2.05, 4.69) is 22.0 Å². The SMILES string of the molecule is Cc1ccccc1N1C(N)=C(C#N)C(c2ccc(Br)s2)C2=C1CCCC2=O. The molecule has 4 rings (SSSR count). The molecule has 2 aromatic rings. The first-order valence-electron chi connectivity index (χ1n) is 8.80. The number of Topliss-reactive ketones (excluding diaryl/α,β-unsaturated/α-hetero) is 1. The van der Waals surface area contributed by atoms with E-state index >= 15 is 0 Å². The van der Waals surface area contributed by atoms with Crippen LogP contribution in [-0.2, 0) is 4.79 Å². The predicted octanol–water partition coefficient (Wildman–Crippen LogP) is 5.12. The molecular weight excluding hydrogens is 422 g/mol. The van der Waals surface area contributed by atoms with Gasteiger partial charge in [-0.2, -0.15) is 5.26 Å². The fraction of sp³-hybridized carbons (Fsp3) is 0.238. The molecule has 0 saturated carbocycles. The minimum absolute atomic E-state index is 0.115. The van der Waals surface area contributed by atoms with Crippen molar-refractivity contribution in [3.8, 4) is 6.07 Å². The zero-order chi connectivity index (χ0) is 19.1. The summed E-state index contributed by atoms with van der Waals surface area (Å²) >= 11 is 5.04. The van der Waals surface area contributed by atoms with Crippen molar-refractivity contribution >= 4 is 38.7 Å². The van der Waals surface area contributed by atoms with Crippen LogP contribution in [0.15, 0.2) is 62.8 Å². The van der Waals surface area contributed by atoms with Crippen LogP contribution in [-0.4, -0.2) is 5.78 Å². The molecule has 1 aromatic heterocycles. The molecule has 1 aromatic carbocycles. The number of carbonyl (C=O) groups excluding carboxylic acids is 1. The van der Waals surface area contributed by atoms with Crippen LogP contribution in [0, 0.1) is 18.3 Å². The van der Waals surface area contributed by atoms with Gasteiger partial charge in [0.2, 0.25) is 0 Å². The average Bonchev–Trinajstić information content (AvgIpc) is 3.08. The van der Waals surface area contributed by atoms with Gasteiger partial charge in [-0.1, -0.05) is 18.2 Å². The maximum Gasteiger partial charge on any atom is 0.161 e. The van der Waals surface area contributed by atoms with E-state index in [0.717, 1.165) is 44.0 Å². The van der Waals surface area contributed by atoms with Crippen LogP contribution in [0.3, 0.4) is 0 Å². The van der Waals surface area contributed by atoms with Crippen LogP contribution < -0.4 is 10.6 Å². The van der Waals surface area contributed by atoms with Gasteiger partial charge in [-0.15, -0.1) is 11.3 Å². The van der Waals surface area contributed by atoms with E-state index in [1.165, 1.54) is 0 Å². The zero-order valence-corrected chi connectivity index (χ0v) is 17.2. The highest BCUT2D eigenvalue weighted by molar-refractivity contribution is 9.11. The first kappa shape index (κ1) is 18.0. The van der Waals surface area contributed by atoms with Gasteiger partial charge in [0.15, 0.2) is 5.78 Å². The summed E-state index contributed by atoms with van der Waals surface area (Å²) in [5.74, 6) is 0.161. The zero-order valence-electron chi connectivity index (χ0n) is 14.8. The predicted molar refractivity (Wildman–Crippen MR) is 111 cm³/mol. The Hall–Kier alpha value is -2.36. The van der Waals surface area contributed by atoms with Gasteiger partial charge in [0.1, 0.15) is 5.82 Å². The lowest BCUT2D eigenvalue weighted by molar-refractivity contribution is -0.116. The fourth-order valence-corrected chi connectivity index (χ4v) is 5.49. The molecule has 1 aliphatic heterocycles. The van der Waals surface area contributed by atoms with Gasteiger partial charge in [0.25, 0.3) is 0 Å². The Kier molecular flexibility index (Phi) is 4.67. The number of para-hydroxylation sites is 1. The van der Waals surface area contributed by atoms with Gasteiger partial charge in [0, 0.05) is 22.6 Å². The molecule has 0 radical (unpaired) electrons. The molecule has 1 aliphatic carbocycles. The quantitative estimate of drug-likeness (QED) is 0.704. The molecule has 0 amide bonds. The molecule has 6 heteroatoms. The summed E-state index contributed by atoms with van der Waals surface area (Å²) in [5.41, 5.74) is 10.6. The molecule has 4 nitrogen and oxygen atoms in total. The number of ketones is 1. The highest BCUT2D eigenvalue weighted by Crippen LogP contribution is 2.48. The molecule has 0 bridgehead atoms. The number of nitriles is 1. The van der Waals surface area contributed by atoms with Crippen molar-refractivity contribution in [2.75, 3.05) is 4.90 Å². The number of nitrogens with zero attached hydrogens (tertiary/aromatic N) is 2. The summed E-state index contributed by atoms with van der Waals surface area (Å²) in [5, 5.41) is 9.95. The summed E-state index contributed by atoms with van der Waals surface area (Å²) in [6.07, 6.45) is 2.09. The lowest BCUT2D eigenvalue weighted by atomic mass is 9.78. The highest BCUT2D eigenvalue weighted by Gasteiger charge is 2.41. The standard InChI is InChI=1S/C21H18BrN3OS/c1-12-5-2-3-6-14(12)25-15-7-4-8-16(26)20(15)19(13(11-23)21(25)24)17-9-10-18(22)27-17/h2-3,5-6,9-10,19H,4,7-8,24H2,1H3. The van der Waals surface area contributed by atoms with Gasteiger partial charge in [-0.3, -0.25) is 9.69 Å². The maximum absolute atomic E-state index is 13.0. The molecule has 27 heavy (non-hydrogen) atoms. The lowest BCUT2D eigenvalue weighted by Gasteiger charge is -2.39. The average molecular weight is 440 g/mol. The Morgan fingerprint density at radius 2 is 2.04 bits per heavy atom. The molecular formula is C21H18BrN3OS. The Morgan fingerprint density at radius 1 is 1.26 bits per heavy atom. The second kappa shape index (κ2) is 6.99. The number of thiophene rings is 1. The molecule has 1 unspecified atom stereocenters. The number of hydrogen-bond donors (Lipinski definition) is 1. The topological polar surface area (TPSA) is 70.1 Å². The van der Waals surface area contributed by atoms with Crippen LogP contribution in [0.5, 0.6) is 0 Å². The van der Waals surface area contributed by atoms with Crippen LogP contribution in [0.2, 0.25) is 0 Å². The number of anilines is 1. The molecule has 136 valence electrons. The van der Waals surface area contributed by atoms with Gasteiger partial charge >= 0.3 is 0 Å². The molecule has 1 atom stereocenters. The number of aryl methyl sites for hydroxylation is 1. The van der Waals surface area contributed by atoms with Crippen molar-refractivity contribution < 1.29 is 4.79 Å². The monoisotopic (exact) mass is 439 g/mol. The van der Waals surface area contributed by atoms with E-state index in [0.29, 0.717) is 17.8 Å². The van der Waals surface area contributed by atoms with Crippen molar-refractivity contribution in [1.82, 2.24) is 0 Å². The molecule has 0 spiro atoms. The first-order valence-corrected chi connectivity index (χ1v) is 10.4. The van der Waals surface area contributed by atoms with Gasteiger partial charge < -0.3 is 5.73 Å². The van der Waals surface area contributed by atoms with Crippen molar-refractivity contribution in [3.05, 3.63) is 73.3 Å². The van der Waals surface area contributed by atoms with Crippen LogP contribution in [0.4, 0.5) is 5.69 Å². The van der Waals surface area contributed by atoms with Crippen molar-refractivity contribution in [2.45, 2.75) is 32.1 Å². The van der Waals surface area contributed by atoms with Gasteiger partial charge in [-0.25, -0.2) is 0 Å². The van der Waals surface area contributed by atoms with Gasteiger partial charge in [-0.05, 0) is 59.5 Å². The van der Waals surface area contributed by atoms with E-state index in [4.69, 9.17) is 5.73 Å². The summed E-state index contributed by atoms with van der Waals surface area (Å²) in [7, 11) is 0. The Labute approximate surface area is 170 Å². The largest absolute Gasteiger partial charge is 0.384 e. The third-order valence-corrected chi connectivity index (χ3v) is 6.84. The molecule has 0 saturated heterocycles. The first-order chi connectivity index (χ1) is 13.0. The molecule has 2 heterocycles. The van der Waals surface area contributed by atoms with Crippen LogP contribution in [0.25, 0.3) is 0 Å². The van der Waals surface area contributed by atoms with Crippen molar-refractivity contribution in [2.24, 2.45) is 5.73 Å². The van der Waals surface area contributed by atoms with Crippen molar-refractivity contribution in [1.29, 1.82) is 5.26 Å². The van der Waals surface area contributed by atoms with E-state index in [1.807, 2.05) is 48.2 Å². The summed E-state index contributed by atoms with van der Waals surface area (Å²) < 4.78 is 0.972. The number of allylic oxidation sites excluding steroid dienone is 3. The second-order valence-corrected chi connectivity index (χ2v) is 9.24. The van der Waals surface area contributed by atoms with Crippen LogP contribution >= 0.6 is 27.3 Å². The van der Waals surface area contributed by atoms with Crippen LogP contribution in [0.1, 0.15) is 35.6 Å². The molecule has 2 N–H and O–H groups in total. The Bertz CT molecular complexity index is 1040. The third kappa shape index (κ3) is 2.91. The Morgan fingerprint density at radius 3 is 2.70 bits per heavy atom. The molecule has 2 aliphatic rings. The smallest absolute Gasteiger partial charge is 0.161 e. The van der Waals surface area contributed by atoms with E-state index < -0.39 is 0 Å². The number of benzene rings is 1. The van der Waals surface area contributed by atoms with E-state index in [1.54, 1.807) is 11.3 Å².